The number of nitrogens with zero attached hydrogens (tertiary/aromatic N) is 2. The molecule has 1 aromatic heterocycles. The molecule has 0 bridgehead atoms. The number of aldehydes is 1. The Morgan fingerprint density at radius 3 is 2.43 bits per heavy atom. The average molecular weight is 515 g/mol. The van der Waals surface area contributed by atoms with Gasteiger partial charge in [0.25, 0.3) is 0 Å². The van der Waals surface area contributed by atoms with Crippen LogP contribution in [-0.2, 0) is 9.59 Å². The number of carbonyl (C=O) groups excluding carboxylic acids is 2. The number of nitrogens with one attached hydrogen (secondary N) is 2. The second kappa shape index (κ2) is 10.5. The van der Waals surface area contributed by atoms with Gasteiger partial charge in [0.2, 0.25) is 11.9 Å². The molecule has 182 valence electrons. The standard InChI is InChI=1S/C25H24Cl2N4O4/c1-4-21(33)29-17-7-13(12-32)8-18(17)31-25-28-11-15-9-14(5-6-16(15)30-25)22-23(26)19(34-2)10-20(35-3)24(22)27/h4-6,9-13,17-18H,1,7-8H2,2-3H3,(H,29,33)(H,28,30,31). The van der Waals surface area contributed by atoms with Gasteiger partial charge in [-0.05, 0) is 36.6 Å². The van der Waals surface area contributed by atoms with Crippen LogP contribution >= 0.6 is 23.2 Å². The number of carbonyl (C=O) groups is 2. The molecule has 10 heteroatoms. The average Bonchev–Trinajstić information content (AvgIpc) is 3.25. The molecule has 2 aromatic carbocycles. The summed E-state index contributed by atoms with van der Waals surface area (Å²) < 4.78 is 10.7. The van der Waals surface area contributed by atoms with Gasteiger partial charge in [0, 0.05) is 35.2 Å². The molecule has 0 saturated heterocycles. The Morgan fingerprint density at radius 2 is 1.80 bits per heavy atom. The fraction of sp³-hybridized carbons (Fsp3) is 0.280. The summed E-state index contributed by atoms with van der Waals surface area (Å²) in [5.74, 6) is 0.856. The number of rotatable bonds is 8. The SMILES string of the molecule is C=CC(=O)NC1CC(C=O)CC1Nc1ncc2cc(-c3c(Cl)c(OC)cc(OC)c3Cl)ccc2n1. The molecule has 1 saturated carbocycles. The molecule has 1 aliphatic carbocycles. The molecule has 3 aromatic rings. The summed E-state index contributed by atoms with van der Waals surface area (Å²) in [4.78, 5) is 32.2. The monoisotopic (exact) mass is 514 g/mol. The Balaban J connectivity index is 1.64. The third kappa shape index (κ3) is 5.04. The predicted molar refractivity (Wildman–Crippen MR) is 136 cm³/mol. The molecule has 4 rings (SSSR count). The number of anilines is 1. The molecule has 35 heavy (non-hydrogen) atoms. The van der Waals surface area contributed by atoms with E-state index in [1.165, 1.54) is 20.3 Å². The number of hydrogen-bond acceptors (Lipinski definition) is 7. The lowest BCUT2D eigenvalue weighted by Crippen LogP contribution is -2.42. The topological polar surface area (TPSA) is 102 Å². The van der Waals surface area contributed by atoms with E-state index < -0.39 is 0 Å². The Bertz CT molecular complexity index is 1270. The molecule has 3 atom stereocenters. The molecule has 3 unspecified atom stereocenters. The number of aromatic nitrogens is 2. The quantitative estimate of drug-likeness (QED) is 0.332. The first-order valence-electron chi connectivity index (χ1n) is 10.9. The van der Waals surface area contributed by atoms with Crippen LogP contribution in [-0.4, -0.2) is 48.5 Å². The third-order valence-electron chi connectivity index (χ3n) is 6.06. The molecular weight excluding hydrogens is 491 g/mol. The van der Waals surface area contributed by atoms with E-state index in [1.54, 1.807) is 12.3 Å². The van der Waals surface area contributed by atoms with E-state index in [0.29, 0.717) is 51.4 Å². The molecule has 0 aliphatic heterocycles. The minimum Gasteiger partial charge on any atom is -0.495 e. The van der Waals surface area contributed by atoms with Crippen LogP contribution < -0.4 is 20.1 Å². The van der Waals surface area contributed by atoms with Gasteiger partial charge in [0.1, 0.15) is 17.8 Å². The number of fused-ring (bicyclic) bond motifs is 1. The van der Waals surface area contributed by atoms with Crippen molar-refractivity contribution in [3.63, 3.8) is 0 Å². The lowest BCUT2D eigenvalue weighted by Gasteiger charge is -2.21. The van der Waals surface area contributed by atoms with Crippen LogP contribution in [0, 0.1) is 5.92 Å². The van der Waals surface area contributed by atoms with E-state index in [2.05, 4.69) is 27.2 Å². The fourth-order valence-electron chi connectivity index (χ4n) is 4.31. The minimum absolute atomic E-state index is 0.153. The lowest BCUT2D eigenvalue weighted by molar-refractivity contribution is -0.117. The van der Waals surface area contributed by atoms with Gasteiger partial charge in [-0.1, -0.05) is 35.8 Å². The van der Waals surface area contributed by atoms with E-state index in [4.69, 9.17) is 32.7 Å². The highest BCUT2D eigenvalue weighted by atomic mass is 35.5. The van der Waals surface area contributed by atoms with Crippen molar-refractivity contribution in [1.82, 2.24) is 15.3 Å². The predicted octanol–water partition coefficient (Wildman–Crippen LogP) is 4.68. The van der Waals surface area contributed by atoms with E-state index in [9.17, 15) is 9.59 Å². The molecular formula is C25H24Cl2N4O4. The van der Waals surface area contributed by atoms with E-state index in [0.717, 1.165) is 17.2 Å². The van der Waals surface area contributed by atoms with Crippen molar-refractivity contribution in [1.29, 1.82) is 0 Å². The van der Waals surface area contributed by atoms with E-state index in [1.807, 2.05) is 18.2 Å². The second-order valence-corrected chi connectivity index (χ2v) is 8.94. The van der Waals surface area contributed by atoms with Crippen molar-refractivity contribution in [3.8, 4) is 22.6 Å². The molecule has 0 radical (unpaired) electrons. The number of amides is 1. The largest absolute Gasteiger partial charge is 0.495 e. The number of hydrogen-bond donors (Lipinski definition) is 2. The molecule has 1 heterocycles. The first kappa shape index (κ1) is 24.8. The zero-order valence-corrected chi connectivity index (χ0v) is 20.7. The van der Waals surface area contributed by atoms with Gasteiger partial charge < -0.3 is 24.9 Å². The first-order chi connectivity index (χ1) is 16.9. The normalized spacial score (nSPS) is 19.3. The first-order valence-corrected chi connectivity index (χ1v) is 11.7. The maximum Gasteiger partial charge on any atom is 0.243 e. The Hall–Kier alpha value is -3.36. The highest BCUT2D eigenvalue weighted by molar-refractivity contribution is 6.41. The van der Waals surface area contributed by atoms with E-state index in [-0.39, 0.29) is 23.9 Å². The zero-order valence-electron chi connectivity index (χ0n) is 19.2. The maximum atomic E-state index is 11.8. The van der Waals surface area contributed by atoms with Gasteiger partial charge in [0.15, 0.2) is 0 Å². The highest BCUT2D eigenvalue weighted by Gasteiger charge is 2.35. The summed E-state index contributed by atoms with van der Waals surface area (Å²) >= 11 is 13.1. The van der Waals surface area contributed by atoms with Crippen molar-refractivity contribution in [3.05, 3.63) is 53.2 Å². The van der Waals surface area contributed by atoms with Crippen LogP contribution in [0.2, 0.25) is 10.0 Å². The minimum atomic E-state index is -0.285. The molecule has 0 spiro atoms. The Labute approximate surface area is 212 Å². The number of halogens is 2. The van der Waals surface area contributed by atoms with Gasteiger partial charge >= 0.3 is 0 Å². The summed E-state index contributed by atoms with van der Waals surface area (Å²) in [6.45, 7) is 3.49. The van der Waals surface area contributed by atoms with Crippen molar-refractivity contribution in [2.24, 2.45) is 5.92 Å². The Kier molecular flexibility index (Phi) is 7.42. The van der Waals surface area contributed by atoms with Crippen LogP contribution in [0.4, 0.5) is 5.95 Å². The summed E-state index contributed by atoms with van der Waals surface area (Å²) in [7, 11) is 3.05. The molecule has 1 fully saturated rings. The maximum absolute atomic E-state index is 11.8. The second-order valence-electron chi connectivity index (χ2n) is 8.19. The summed E-state index contributed by atoms with van der Waals surface area (Å²) in [5, 5.41) is 7.66. The van der Waals surface area contributed by atoms with Crippen molar-refractivity contribution < 1.29 is 19.1 Å². The van der Waals surface area contributed by atoms with Crippen LogP contribution in [0.15, 0.2) is 43.1 Å². The fourth-order valence-corrected chi connectivity index (χ4v) is 5.03. The summed E-state index contributed by atoms with van der Waals surface area (Å²) in [5.41, 5.74) is 2.04. The lowest BCUT2D eigenvalue weighted by atomic mass is 10.0. The third-order valence-corrected chi connectivity index (χ3v) is 6.81. The van der Waals surface area contributed by atoms with Crippen molar-refractivity contribution >= 4 is 52.2 Å². The van der Waals surface area contributed by atoms with Gasteiger partial charge in [-0.3, -0.25) is 4.79 Å². The van der Waals surface area contributed by atoms with E-state index >= 15 is 0 Å². The zero-order chi connectivity index (χ0) is 25.1. The molecule has 8 nitrogen and oxygen atoms in total. The highest BCUT2D eigenvalue weighted by Crippen LogP contribution is 2.46. The number of ether oxygens (including phenoxy) is 2. The molecule has 1 aliphatic rings. The van der Waals surface area contributed by atoms with Gasteiger partial charge in [-0.15, -0.1) is 0 Å². The number of methoxy groups -OCH3 is 2. The Morgan fingerprint density at radius 1 is 1.11 bits per heavy atom. The van der Waals surface area contributed by atoms with Gasteiger partial charge in [0.05, 0.1) is 35.8 Å². The van der Waals surface area contributed by atoms with Crippen LogP contribution in [0.3, 0.4) is 0 Å². The molecule has 1 amide bonds. The van der Waals surface area contributed by atoms with Gasteiger partial charge in [-0.2, -0.15) is 0 Å². The smallest absolute Gasteiger partial charge is 0.243 e. The van der Waals surface area contributed by atoms with Crippen LogP contribution in [0.25, 0.3) is 22.0 Å². The molecule has 2 N–H and O–H groups in total. The summed E-state index contributed by atoms with van der Waals surface area (Å²) in [6, 6.07) is 6.80. The van der Waals surface area contributed by atoms with Crippen LogP contribution in [0.5, 0.6) is 11.5 Å². The van der Waals surface area contributed by atoms with Crippen molar-refractivity contribution in [2.75, 3.05) is 19.5 Å². The van der Waals surface area contributed by atoms with Gasteiger partial charge in [-0.25, -0.2) is 9.97 Å². The van der Waals surface area contributed by atoms with Crippen molar-refractivity contribution in [2.45, 2.75) is 24.9 Å². The number of benzene rings is 2. The summed E-state index contributed by atoms with van der Waals surface area (Å²) in [6.07, 6.45) is 4.94. The van der Waals surface area contributed by atoms with Crippen LogP contribution in [0.1, 0.15) is 12.8 Å².